The van der Waals surface area contributed by atoms with Crippen molar-refractivity contribution in [3.8, 4) is 6.07 Å². The number of nitriles is 1. The summed E-state index contributed by atoms with van der Waals surface area (Å²) in [7, 11) is 1.81. The molecule has 0 radical (unpaired) electrons. The molecule has 2 aromatic heterocycles. The summed E-state index contributed by atoms with van der Waals surface area (Å²) in [5.74, 6) is -0.133. The minimum absolute atomic E-state index is 0.249. The summed E-state index contributed by atoms with van der Waals surface area (Å²) < 4.78 is 7.01. The van der Waals surface area contributed by atoms with Gasteiger partial charge in [-0.15, -0.1) is 11.3 Å². The van der Waals surface area contributed by atoms with Crippen molar-refractivity contribution in [3.63, 3.8) is 0 Å². The van der Waals surface area contributed by atoms with Gasteiger partial charge in [0.15, 0.2) is 5.70 Å². The Bertz CT molecular complexity index is 878. The van der Waals surface area contributed by atoms with E-state index in [1.165, 1.54) is 11.3 Å². The molecule has 0 saturated carbocycles. The van der Waals surface area contributed by atoms with E-state index in [-0.39, 0.29) is 5.70 Å². The Morgan fingerprint density at radius 1 is 1.41 bits per heavy atom. The maximum atomic E-state index is 12.0. The number of cyclic esters (lactones) is 1. The van der Waals surface area contributed by atoms with Crippen molar-refractivity contribution in [3.05, 3.63) is 50.6 Å². The van der Waals surface area contributed by atoms with E-state index >= 15 is 0 Å². The van der Waals surface area contributed by atoms with Gasteiger partial charge in [-0.3, -0.25) is 0 Å². The van der Waals surface area contributed by atoms with E-state index in [0.29, 0.717) is 11.6 Å². The van der Waals surface area contributed by atoms with Crippen LogP contribution in [-0.2, 0) is 16.6 Å². The van der Waals surface area contributed by atoms with E-state index < -0.39 is 5.97 Å². The van der Waals surface area contributed by atoms with Gasteiger partial charge in [0.1, 0.15) is 11.8 Å². The molecule has 3 rings (SSSR count). The van der Waals surface area contributed by atoms with E-state index in [1.54, 1.807) is 16.7 Å². The van der Waals surface area contributed by atoms with E-state index in [4.69, 9.17) is 10.00 Å². The zero-order valence-electron chi connectivity index (χ0n) is 12.4. The molecule has 0 aliphatic carbocycles. The third kappa shape index (κ3) is 2.36. The number of hydrogen-bond acceptors (Lipinski definition) is 5. The van der Waals surface area contributed by atoms with E-state index in [0.717, 1.165) is 21.0 Å². The van der Waals surface area contributed by atoms with Gasteiger partial charge < -0.3 is 9.30 Å². The molecule has 0 spiro atoms. The van der Waals surface area contributed by atoms with Crippen molar-refractivity contribution >= 4 is 29.3 Å². The molecular formula is C16H13N3O2S. The standard InChI is InChI=1S/C16H13N3O2S/c1-9-4-5-14(22-9)15-18-13(16(20)21-15)7-11-6-12(8-17)19(3)10(11)2/h4-7H,1-3H3/b13-7+. The Hall–Kier alpha value is -2.65. The number of aromatic nitrogens is 1. The number of esters is 1. The molecule has 0 bridgehead atoms. The van der Waals surface area contributed by atoms with Crippen LogP contribution in [0.2, 0.25) is 0 Å². The van der Waals surface area contributed by atoms with E-state index in [2.05, 4.69) is 11.1 Å². The Kier molecular flexibility index (Phi) is 3.43. The summed E-state index contributed by atoms with van der Waals surface area (Å²) in [5, 5.41) is 9.05. The summed E-state index contributed by atoms with van der Waals surface area (Å²) in [6.07, 6.45) is 1.66. The van der Waals surface area contributed by atoms with E-state index in [1.807, 2.05) is 33.0 Å². The first kappa shape index (κ1) is 14.3. The number of ether oxygens (including phenoxy) is 1. The molecule has 3 heterocycles. The average Bonchev–Trinajstić information content (AvgIpc) is 3.14. The highest BCUT2D eigenvalue weighted by atomic mass is 32.1. The van der Waals surface area contributed by atoms with Crippen molar-refractivity contribution in [1.29, 1.82) is 5.26 Å². The fourth-order valence-corrected chi connectivity index (χ4v) is 2.98. The Morgan fingerprint density at radius 2 is 2.18 bits per heavy atom. The lowest BCUT2D eigenvalue weighted by atomic mass is 10.2. The van der Waals surface area contributed by atoms with Crippen molar-refractivity contribution in [2.24, 2.45) is 12.0 Å². The van der Waals surface area contributed by atoms with Gasteiger partial charge in [0.2, 0.25) is 5.90 Å². The zero-order chi connectivity index (χ0) is 15.9. The third-order valence-electron chi connectivity index (χ3n) is 3.55. The highest BCUT2D eigenvalue weighted by Crippen LogP contribution is 2.25. The molecular weight excluding hydrogens is 298 g/mol. The zero-order valence-corrected chi connectivity index (χ0v) is 13.2. The Labute approximate surface area is 131 Å². The molecule has 0 saturated heterocycles. The topological polar surface area (TPSA) is 67.4 Å². The van der Waals surface area contributed by atoms with Crippen LogP contribution in [0.5, 0.6) is 0 Å². The molecule has 2 aromatic rings. The van der Waals surface area contributed by atoms with Gasteiger partial charge in [-0.25, -0.2) is 9.79 Å². The second-order valence-electron chi connectivity index (χ2n) is 4.99. The molecule has 0 amide bonds. The maximum absolute atomic E-state index is 12.0. The fraction of sp³-hybridized carbons (Fsp3) is 0.188. The molecule has 0 unspecified atom stereocenters. The van der Waals surface area contributed by atoms with Crippen LogP contribution in [0.3, 0.4) is 0 Å². The molecule has 0 aromatic carbocycles. The highest BCUT2D eigenvalue weighted by molar-refractivity contribution is 7.14. The SMILES string of the molecule is Cc1ccc(C2=N/C(=C/c3cc(C#N)n(C)c3C)C(=O)O2)s1. The fourth-order valence-electron chi connectivity index (χ4n) is 2.19. The number of carbonyl (C=O) groups is 1. The lowest BCUT2D eigenvalue weighted by Gasteiger charge is -1.97. The predicted molar refractivity (Wildman–Crippen MR) is 84.5 cm³/mol. The lowest BCUT2D eigenvalue weighted by molar-refractivity contribution is -0.129. The van der Waals surface area contributed by atoms with Crippen LogP contribution in [0.15, 0.2) is 28.9 Å². The van der Waals surface area contributed by atoms with Gasteiger partial charge in [0.05, 0.1) is 4.88 Å². The summed E-state index contributed by atoms with van der Waals surface area (Å²) in [6.45, 7) is 3.87. The first-order chi connectivity index (χ1) is 10.5. The van der Waals surface area contributed by atoms with Gasteiger partial charge in [0.25, 0.3) is 0 Å². The highest BCUT2D eigenvalue weighted by Gasteiger charge is 2.25. The number of hydrogen-bond donors (Lipinski definition) is 0. The maximum Gasteiger partial charge on any atom is 0.363 e. The van der Waals surface area contributed by atoms with Crippen LogP contribution in [0, 0.1) is 25.2 Å². The molecule has 110 valence electrons. The number of aryl methyl sites for hydroxylation is 1. The van der Waals surface area contributed by atoms with Crippen molar-refractivity contribution in [1.82, 2.24) is 4.57 Å². The van der Waals surface area contributed by atoms with Crippen LogP contribution >= 0.6 is 11.3 Å². The second-order valence-corrected chi connectivity index (χ2v) is 6.28. The number of nitrogens with zero attached hydrogens (tertiary/aromatic N) is 3. The normalized spacial score (nSPS) is 15.8. The van der Waals surface area contributed by atoms with Gasteiger partial charge in [-0.1, -0.05) is 0 Å². The summed E-state index contributed by atoms with van der Waals surface area (Å²) in [6, 6.07) is 7.69. The van der Waals surface area contributed by atoms with Crippen LogP contribution in [-0.4, -0.2) is 16.4 Å². The molecule has 6 heteroatoms. The summed E-state index contributed by atoms with van der Waals surface area (Å²) >= 11 is 1.53. The average molecular weight is 311 g/mol. The predicted octanol–water partition coefficient (Wildman–Crippen LogP) is 2.92. The summed E-state index contributed by atoms with van der Waals surface area (Å²) in [4.78, 5) is 18.2. The van der Waals surface area contributed by atoms with Crippen molar-refractivity contribution in [2.45, 2.75) is 13.8 Å². The van der Waals surface area contributed by atoms with Crippen LogP contribution < -0.4 is 0 Å². The monoisotopic (exact) mass is 311 g/mol. The Balaban J connectivity index is 2.00. The van der Waals surface area contributed by atoms with Crippen LogP contribution in [0.4, 0.5) is 0 Å². The van der Waals surface area contributed by atoms with Crippen molar-refractivity contribution < 1.29 is 9.53 Å². The minimum atomic E-state index is -0.470. The molecule has 0 fully saturated rings. The van der Waals surface area contributed by atoms with Crippen LogP contribution in [0.1, 0.15) is 26.7 Å². The van der Waals surface area contributed by atoms with Gasteiger partial charge in [-0.05, 0) is 43.7 Å². The quantitative estimate of drug-likeness (QED) is 0.632. The molecule has 0 N–H and O–H groups in total. The van der Waals surface area contributed by atoms with Crippen LogP contribution in [0.25, 0.3) is 6.08 Å². The molecule has 22 heavy (non-hydrogen) atoms. The molecule has 5 nitrogen and oxygen atoms in total. The first-order valence-electron chi connectivity index (χ1n) is 6.65. The number of aliphatic imine (C=N–C) groups is 1. The number of carbonyl (C=O) groups excluding carboxylic acids is 1. The Morgan fingerprint density at radius 3 is 2.77 bits per heavy atom. The largest absolute Gasteiger partial charge is 0.401 e. The third-order valence-corrected chi connectivity index (χ3v) is 4.54. The lowest BCUT2D eigenvalue weighted by Crippen LogP contribution is -2.03. The van der Waals surface area contributed by atoms with E-state index in [9.17, 15) is 4.79 Å². The second kappa shape index (κ2) is 5.28. The smallest absolute Gasteiger partial charge is 0.363 e. The van der Waals surface area contributed by atoms with Gasteiger partial charge >= 0.3 is 5.97 Å². The van der Waals surface area contributed by atoms with Crippen molar-refractivity contribution in [2.75, 3.05) is 0 Å². The molecule has 0 atom stereocenters. The van der Waals surface area contributed by atoms with Gasteiger partial charge in [0, 0.05) is 17.6 Å². The number of thiophene rings is 1. The summed E-state index contributed by atoms with van der Waals surface area (Å²) in [5.41, 5.74) is 2.47. The molecule has 1 aliphatic heterocycles. The number of rotatable bonds is 2. The molecule has 1 aliphatic rings. The minimum Gasteiger partial charge on any atom is -0.401 e. The first-order valence-corrected chi connectivity index (χ1v) is 7.47. The van der Waals surface area contributed by atoms with Gasteiger partial charge in [-0.2, -0.15) is 5.26 Å².